The Morgan fingerprint density at radius 1 is 1.48 bits per heavy atom. The second-order valence-electron chi connectivity index (χ2n) is 6.14. The molecule has 1 amide bonds. The molecule has 0 radical (unpaired) electrons. The van der Waals surface area contributed by atoms with Gasteiger partial charge >= 0.3 is 6.09 Å². The third-order valence-electron chi connectivity index (χ3n) is 3.06. The SMILES string of the molecule is CC(C)(C)OC(=O)N1CCCC(Oc2ncccc2O)C1. The molecule has 0 saturated carbocycles. The zero-order valence-electron chi connectivity index (χ0n) is 12.7. The molecule has 1 unspecified atom stereocenters. The van der Waals surface area contributed by atoms with Crippen molar-refractivity contribution in [2.75, 3.05) is 13.1 Å². The summed E-state index contributed by atoms with van der Waals surface area (Å²) in [5.74, 6) is 0.209. The molecular formula is C15H22N2O4. The first-order chi connectivity index (χ1) is 9.85. The Bertz CT molecular complexity index is 499. The minimum absolute atomic E-state index is 0.00638. The first kappa shape index (κ1) is 15.4. The van der Waals surface area contributed by atoms with E-state index in [2.05, 4.69) is 4.98 Å². The lowest BCUT2D eigenvalue weighted by Crippen LogP contribution is -2.46. The number of piperidine rings is 1. The Kier molecular flexibility index (Phi) is 4.55. The Morgan fingerprint density at radius 3 is 2.90 bits per heavy atom. The van der Waals surface area contributed by atoms with Crippen LogP contribution in [0.2, 0.25) is 0 Å². The molecule has 0 bridgehead atoms. The minimum Gasteiger partial charge on any atom is -0.503 e. The van der Waals surface area contributed by atoms with E-state index in [9.17, 15) is 9.90 Å². The van der Waals surface area contributed by atoms with E-state index in [1.165, 1.54) is 6.07 Å². The standard InChI is InChI=1S/C15H22N2O4/c1-15(2,3)21-14(19)17-9-5-6-11(10-17)20-13-12(18)7-4-8-16-13/h4,7-8,11,18H,5-6,9-10H2,1-3H3. The highest BCUT2D eigenvalue weighted by Crippen LogP contribution is 2.25. The lowest BCUT2D eigenvalue weighted by Gasteiger charge is -2.33. The lowest BCUT2D eigenvalue weighted by molar-refractivity contribution is 0.00696. The fourth-order valence-corrected chi connectivity index (χ4v) is 2.16. The van der Waals surface area contributed by atoms with E-state index >= 15 is 0 Å². The van der Waals surface area contributed by atoms with Gasteiger partial charge in [0, 0.05) is 12.7 Å². The Labute approximate surface area is 124 Å². The van der Waals surface area contributed by atoms with E-state index in [1.54, 1.807) is 17.2 Å². The first-order valence-electron chi connectivity index (χ1n) is 7.14. The Balaban J connectivity index is 1.95. The van der Waals surface area contributed by atoms with Crippen LogP contribution in [0.25, 0.3) is 0 Å². The van der Waals surface area contributed by atoms with Gasteiger partial charge in [-0.15, -0.1) is 0 Å². The third kappa shape index (κ3) is 4.51. The van der Waals surface area contributed by atoms with Crippen LogP contribution in [-0.4, -0.2) is 45.9 Å². The van der Waals surface area contributed by atoms with Crippen LogP contribution in [0.5, 0.6) is 11.6 Å². The molecule has 0 aliphatic carbocycles. The van der Waals surface area contributed by atoms with Crippen molar-refractivity contribution in [1.29, 1.82) is 0 Å². The highest BCUT2D eigenvalue weighted by molar-refractivity contribution is 5.68. The Hall–Kier alpha value is -1.98. The van der Waals surface area contributed by atoms with Crippen LogP contribution >= 0.6 is 0 Å². The van der Waals surface area contributed by atoms with Gasteiger partial charge in [-0.1, -0.05) is 0 Å². The summed E-state index contributed by atoms with van der Waals surface area (Å²) in [5, 5.41) is 9.68. The van der Waals surface area contributed by atoms with E-state index < -0.39 is 5.60 Å². The van der Waals surface area contributed by atoms with Gasteiger partial charge in [0.05, 0.1) is 6.54 Å². The summed E-state index contributed by atoms with van der Waals surface area (Å²) >= 11 is 0. The molecule has 0 aromatic carbocycles. The highest BCUT2D eigenvalue weighted by Gasteiger charge is 2.29. The highest BCUT2D eigenvalue weighted by atomic mass is 16.6. The van der Waals surface area contributed by atoms with E-state index in [0.29, 0.717) is 13.1 Å². The number of aromatic hydroxyl groups is 1. The number of hydrogen-bond donors (Lipinski definition) is 1. The van der Waals surface area contributed by atoms with Crippen LogP contribution in [0.4, 0.5) is 4.79 Å². The molecule has 1 N–H and O–H groups in total. The second-order valence-corrected chi connectivity index (χ2v) is 6.14. The van der Waals surface area contributed by atoms with Crippen LogP contribution in [0.3, 0.4) is 0 Å². The molecule has 1 saturated heterocycles. The van der Waals surface area contributed by atoms with Crippen LogP contribution < -0.4 is 4.74 Å². The van der Waals surface area contributed by atoms with Crippen molar-refractivity contribution in [3.8, 4) is 11.6 Å². The molecule has 6 heteroatoms. The maximum Gasteiger partial charge on any atom is 0.410 e. The van der Waals surface area contributed by atoms with Gasteiger partial charge in [-0.3, -0.25) is 0 Å². The molecule has 6 nitrogen and oxygen atoms in total. The van der Waals surface area contributed by atoms with Gasteiger partial charge in [-0.2, -0.15) is 0 Å². The average molecular weight is 294 g/mol. The third-order valence-corrected chi connectivity index (χ3v) is 3.06. The molecule has 1 aliphatic heterocycles. The minimum atomic E-state index is -0.510. The number of ether oxygens (including phenoxy) is 2. The van der Waals surface area contributed by atoms with Gasteiger partial charge in [-0.25, -0.2) is 9.78 Å². The maximum absolute atomic E-state index is 12.1. The monoisotopic (exact) mass is 294 g/mol. The van der Waals surface area contributed by atoms with E-state index in [-0.39, 0.29) is 23.8 Å². The molecule has 1 atom stereocenters. The van der Waals surface area contributed by atoms with Crippen molar-refractivity contribution >= 4 is 6.09 Å². The van der Waals surface area contributed by atoms with E-state index in [0.717, 1.165) is 12.8 Å². The second kappa shape index (κ2) is 6.20. The number of amides is 1. The summed E-state index contributed by atoms with van der Waals surface area (Å²) in [5.41, 5.74) is -0.510. The largest absolute Gasteiger partial charge is 0.503 e. The molecule has 21 heavy (non-hydrogen) atoms. The smallest absolute Gasteiger partial charge is 0.410 e. The van der Waals surface area contributed by atoms with Crippen LogP contribution in [-0.2, 0) is 4.74 Å². The first-order valence-corrected chi connectivity index (χ1v) is 7.14. The van der Waals surface area contributed by atoms with Crippen LogP contribution in [0.1, 0.15) is 33.6 Å². The lowest BCUT2D eigenvalue weighted by atomic mass is 10.1. The van der Waals surface area contributed by atoms with Gasteiger partial charge in [-0.05, 0) is 45.7 Å². The van der Waals surface area contributed by atoms with Gasteiger partial charge < -0.3 is 19.5 Å². The maximum atomic E-state index is 12.1. The number of hydrogen-bond acceptors (Lipinski definition) is 5. The number of carbonyl (C=O) groups is 1. The summed E-state index contributed by atoms with van der Waals surface area (Å²) in [7, 11) is 0. The van der Waals surface area contributed by atoms with Crippen molar-refractivity contribution in [1.82, 2.24) is 9.88 Å². The van der Waals surface area contributed by atoms with Crippen molar-refractivity contribution < 1.29 is 19.4 Å². The summed E-state index contributed by atoms with van der Waals surface area (Å²) in [6, 6.07) is 3.16. The van der Waals surface area contributed by atoms with Gasteiger partial charge in [0.25, 0.3) is 5.88 Å². The zero-order valence-corrected chi connectivity index (χ0v) is 12.7. The van der Waals surface area contributed by atoms with Gasteiger partial charge in [0.15, 0.2) is 5.75 Å². The summed E-state index contributed by atoms with van der Waals surface area (Å²) in [6.45, 7) is 6.62. The molecule has 0 spiro atoms. The van der Waals surface area contributed by atoms with Crippen LogP contribution in [0.15, 0.2) is 18.3 Å². The van der Waals surface area contributed by atoms with Crippen molar-refractivity contribution in [3.63, 3.8) is 0 Å². The number of likely N-dealkylation sites (tertiary alicyclic amines) is 1. The molecule has 1 aromatic rings. The summed E-state index contributed by atoms with van der Waals surface area (Å²) in [4.78, 5) is 17.7. The topological polar surface area (TPSA) is 71.9 Å². The predicted octanol–water partition coefficient (Wildman–Crippen LogP) is 2.57. The molecule has 1 fully saturated rings. The van der Waals surface area contributed by atoms with Crippen molar-refractivity contribution in [2.45, 2.75) is 45.3 Å². The molecule has 2 heterocycles. The average Bonchev–Trinajstić information content (AvgIpc) is 2.40. The number of rotatable bonds is 2. The summed E-state index contributed by atoms with van der Waals surface area (Å²) in [6.07, 6.45) is 2.68. The predicted molar refractivity (Wildman–Crippen MR) is 77.4 cm³/mol. The Morgan fingerprint density at radius 2 is 2.24 bits per heavy atom. The van der Waals surface area contributed by atoms with E-state index in [1.807, 2.05) is 20.8 Å². The molecule has 1 aromatic heterocycles. The normalized spacial score (nSPS) is 19.2. The van der Waals surface area contributed by atoms with Crippen molar-refractivity contribution in [3.05, 3.63) is 18.3 Å². The van der Waals surface area contributed by atoms with E-state index in [4.69, 9.17) is 9.47 Å². The molecular weight excluding hydrogens is 272 g/mol. The number of pyridine rings is 1. The molecule has 2 rings (SSSR count). The number of carbonyl (C=O) groups excluding carboxylic acids is 1. The molecule has 1 aliphatic rings. The fourth-order valence-electron chi connectivity index (χ4n) is 2.16. The zero-order chi connectivity index (χ0) is 15.5. The van der Waals surface area contributed by atoms with Gasteiger partial charge in [0.1, 0.15) is 11.7 Å². The summed E-state index contributed by atoms with van der Waals surface area (Å²) < 4.78 is 11.1. The molecule has 116 valence electrons. The number of aromatic nitrogens is 1. The van der Waals surface area contributed by atoms with Gasteiger partial charge in [0.2, 0.25) is 0 Å². The number of nitrogens with zero attached hydrogens (tertiary/aromatic N) is 2. The van der Waals surface area contributed by atoms with Crippen LogP contribution in [0, 0.1) is 0 Å². The van der Waals surface area contributed by atoms with Crippen molar-refractivity contribution in [2.24, 2.45) is 0 Å². The fraction of sp³-hybridized carbons (Fsp3) is 0.600. The quantitative estimate of drug-likeness (QED) is 0.907.